The highest BCUT2D eigenvalue weighted by molar-refractivity contribution is 7.87. The number of alkyl halides is 3. The van der Waals surface area contributed by atoms with Crippen LogP contribution in [-0.2, 0) is 23.8 Å². The van der Waals surface area contributed by atoms with Gasteiger partial charge in [-0.2, -0.15) is 21.6 Å². The quantitative estimate of drug-likeness (QED) is 0.560. The molecule has 0 radical (unpaired) electrons. The Bertz CT molecular complexity index is 325. The lowest BCUT2D eigenvalue weighted by atomic mass is 10.2. The molecule has 0 bridgehead atoms. The third kappa shape index (κ3) is 3.30. The number of halogens is 3. The molecule has 0 amide bonds. The Labute approximate surface area is 90.6 Å². The third-order valence-corrected chi connectivity index (χ3v) is 3.04. The highest BCUT2D eigenvalue weighted by Crippen LogP contribution is 2.26. The molecule has 0 saturated carbocycles. The van der Waals surface area contributed by atoms with Crippen LogP contribution in [0.25, 0.3) is 0 Å². The summed E-state index contributed by atoms with van der Waals surface area (Å²) in [4.78, 5) is 0. The van der Waals surface area contributed by atoms with Crippen molar-refractivity contribution < 1.29 is 35.2 Å². The van der Waals surface area contributed by atoms with Gasteiger partial charge in [0.15, 0.2) is 6.29 Å². The first-order chi connectivity index (χ1) is 7.26. The van der Waals surface area contributed by atoms with Gasteiger partial charge in [0.1, 0.15) is 0 Å². The first-order valence-electron chi connectivity index (χ1n) is 4.40. The minimum absolute atomic E-state index is 0.395. The van der Waals surface area contributed by atoms with Gasteiger partial charge in [0, 0.05) is 13.5 Å². The molecule has 0 spiro atoms. The number of hydrogen-bond donors (Lipinski definition) is 0. The monoisotopic (exact) mass is 264 g/mol. The van der Waals surface area contributed by atoms with E-state index >= 15 is 0 Å². The van der Waals surface area contributed by atoms with Crippen molar-refractivity contribution in [1.29, 1.82) is 0 Å². The average Bonchev–Trinajstić information content (AvgIpc) is 2.60. The zero-order chi connectivity index (χ0) is 12.4. The van der Waals surface area contributed by atoms with E-state index in [1.54, 1.807) is 0 Å². The lowest BCUT2D eigenvalue weighted by Crippen LogP contribution is -2.29. The molecule has 1 fully saturated rings. The molecule has 0 aromatic rings. The molecule has 1 aliphatic rings. The number of ether oxygens (including phenoxy) is 2. The number of methoxy groups -OCH3 is 1. The van der Waals surface area contributed by atoms with Crippen LogP contribution in [0.1, 0.15) is 12.8 Å². The van der Waals surface area contributed by atoms with Gasteiger partial charge in [-0.3, -0.25) is 4.18 Å². The largest absolute Gasteiger partial charge is 0.523 e. The van der Waals surface area contributed by atoms with Gasteiger partial charge in [0.05, 0.1) is 12.7 Å². The van der Waals surface area contributed by atoms with Gasteiger partial charge in [-0.25, -0.2) is 0 Å². The summed E-state index contributed by atoms with van der Waals surface area (Å²) < 4.78 is 70.3. The van der Waals surface area contributed by atoms with Crippen molar-refractivity contribution in [2.45, 2.75) is 30.7 Å². The first kappa shape index (κ1) is 13.7. The lowest BCUT2D eigenvalue weighted by Gasteiger charge is -2.13. The molecule has 96 valence electrons. The highest BCUT2D eigenvalue weighted by Gasteiger charge is 2.47. The molecular weight excluding hydrogens is 253 g/mol. The van der Waals surface area contributed by atoms with E-state index in [9.17, 15) is 21.6 Å². The Morgan fingerprint density at radius 3 is 2.44 bits per heavy atom. The molecule has 0 aromatic carbocycles. The van der Waals surface area contributed by atoms with Crippen LogP contribution in [0.15, 0.2) is 0 Å². The molecular formula is C7H11F3O5S. The SMILES string of the molecule is COC1CC[C@@H](COS(=O)(=O)C(F)(F)F)O1. The third-order valence-electron chi connectivity index (χ3n) is 2.02. The normalized spacial score (nSPS) is 27.2. The molecule has 9 heteroatoms. The number of hydrogen-bond acceptors (Lipinski definition) is 5. The molecule has 1 heterocycles. The zero-order valence-corrected chi connectivity index (χ0v) is 9.18. The fraction of sp³-hybridized carbons (Fsp3) is 1.00. The molecule has 1 saturated heterocycles. The highest BCUT2D eigenvalue weighted by atomic mass is 32.2. The van der Waals surface area contributed by atoms with Crippen molar-refractivity contribution in [2.75, 3.05) is 13.7 Å². The van der Waals surface area contributed by atoms with E-state index in [4.69, 9.17) is 9.47 Å². The smallest absolute Gasteiger partial charge is 0.356 e. The Morgan fingerprint density at radius 2 is 2.00 bits per heavy atom. The Morgan fingerprint density at radius 1 is 1.38 bits per heavy atom. The van der Waals surface area contributed by atoms with Crippen LogP contribution in [0, 0.1) is 0 Å². The fourth-order valence-corrected chi connectivity index (χ4v) is 1.67. The van der Waals surface area contributed by atoms with Crippen molar-refractivity contribution in [3.63, 3.8) is 0 Å². The van der Waals surface area contributed by atoms with Crippen LogP contribution >= 0.6 is 0 Å². The Kier molecular flexibility index (Phi) is 4.16. The second kappa shape index (κ2) is 4.86. The van der Waals surface area contributed by atoms with E-state index in [2.05, 4.69) is 4.18 Å². The van der Waals surface area contributed by atoms with Crippen molar-refractivity contribution in [3.8, 4) is 0 Å². The summed E-state index contributed by atoms with van der Waals surface area (Å²) in [6.07, 6.45) is -0.313. The summed E-state index contributed by atoms with van der Waals surface area (Å²) in [5.41, 5.74) is -5.40. The van der Waals surface area contributed by atoms with E-state index in [0.717, 1.165) is 0 Å². The summed E-state index contributed by atoms with van der Waals surface area (Å²) in [5.74, 6) is 0. The maximum atomic E-state index is 11.9. The van der Waals surface area contributed by atoms with Crippen molar-refractivity contribution in [2.24, 2.45) is 0 Å². The van der Waals surface area contributed by atoms with Gasteiger partial charge < -0.3 is 9.47 Å². The standard InChI is InChI=1S/C7H11F3O5S/c1-13-6-3-2-5(15-6)4-14-16(11,12)7(8,9)10/h5-6H,2-4H2,1H3/t5-,6?/m0/s1. The zero-order valence-electron chi connectivity index (χ0n) is 8.36. The van der Waals surface area contributed by atoms with Gasteiger partial charge in [-0.1, -0.05) is 0 Å². The molecule has 0 aliphatic carbocycles. The Hall–Kier alpha value is -0.380. The van der Waals surface area contributed by atoms with Crippen LogP contribution in [0.3, 0.4) is 0 Å². The van der Waals surface area contributed by atoms with Gasteiger partial charge in [0.25, 0.3) is 0 Å². The van der Waals surface area contributed by atoms with E-state index in [1.165, 1.54) is 7.11 Å². The molecule has 1 rings (SSSR count). The van der Waals surface area contributed by atoms with E-state index < -0.39 is 34.6 Å². The number of rotatable bonds is 4. The average molecular weight is 264 g/mol. The lowest BCUT2D eigenvalue weighted by molar-refractivity contribution is -0.122. The molecule has 1 unspecified atom stereocenters. The van der Waals surface area contributed by atoms with E-state index in [1.807, 2.05) is 0 Å². The molecule has 0 N–H and O–H groups in total. The summed E-state index contributed by atoms with van der Waals surface area (Å²) in [6.45, 7) is -0.651. The minimum atomic E-state index is -5.53. The van der Waals surface area contributed by atoms with Gasteiger partial charge >= 0.3 is 15.6 Å². The summed E-state index contributed by atoms with van der Waals surface area (Å²) in [6, 6.07) is 0. The summed E-state index contributed by atoms with van der Waals surface area (Å²) in [7, 11) is -4.14. The molecule has 0 aromatic heterocycles. The molecule has 1 aliphatic heterocycles. The van der Waals surface area contributed by atoms with Crippen LogP contribution in [0.5, 0.6) is 0 Å². The molecule has 5 nitrogen and oxygen atoms in total. The minimum Gasteiger partial charge on any atom is -0.356 e. The fourth-order valence-electron chi connectivity index (χ4n) is 1.20. The van der Waals surface area contributed by atoms with E-state index in [0.29, 0.717) is 12.8 Å². The van der Waals surface area contributed by atoms with Crippen LogP contribution in [0.2, 0.25) is 0 Å². The Balaban J connectivity index is 2.42. The maximum absolute atomic E-state index is 11.9. The van der Waals surface area contributed by atoms with Crippen LogP contribution in [0.4, 0.5) is 13.2 Å². The summed E-state index contributed by atoms with van der Waals surface area (Å²) >= 11 is 0. The predicted molar refractivity (Wildman–Crippen MR) is 45.8 cm³/mol. The second-order valence-corrected chi connectivity index (χ2v) is 4.79. The van der Waals surface area contributed by atoms with Gasteiger partial charge in [0.2, 0.25) is 0 Å². The predicted octanol–water partition coefficient (Wildman–Crippen LogP) is 1.00. The van der Waals surface area contributed by atoms with Gasteiger partial charge in [-0.15, -0.1) is 0 Å². The maximum Gasteiger partial charge on any atom is 0.523 e. The van der Waals surface area contributed by atoms with Crippen molar-refractivity contribution in [3.05, 3.63) is 0 Å². The summed E-state index contributed by atoms with van der Waals surface area (Å²) in [5, 5.41) is 0. The van der Waals surface area contributed by atoms with Crippen molar-refractivity contribution >= 4 is 10.1 Å². The van der Waals surface area contributed by atoms with Crippen LogP contribution in [-0.4, -0.2) is 40.0 Å². The van der Waals surface area contributed by atoms with E-state index in [-0.39, 0.29) is 0 Å². The second-order valence-electron chi connectivity index (χ2n) is 3.19. The van der Waals surface area contributed by atoms with Crippen molar-refractivity contribution in [1.82, 2.24) is 0 Å². The van der Waals surface area contributed by atoms with Crippen LogP contribution < -0.4 is 0 Å². The first-order valence-corrected chi connectivity index (χ1v) is 5.81. The molecule has 16 heavy (non-hydrogen) atoms. The molecule has 2 atom stereocenters. The topological polar surface area (TPSA) is 61.8 Å². The van der Waals surface area contributed by atoms with Gasteiger partial charge in [-0.05, 0) is 6.42 Å².